The molecule has 0 saturated heterocycles. The minimum absolute atomic E-state index is 0.114. The van der Waals surface area contributed by atoms with Crippen LogP contribution in [0.4, 0.5) is 9.59 Å². The van der Waals surface area contributed by atoms with Crippen molar-refractivity contribution in [1.29, 1.82) is 0 Å². The molecule has 8 heteroatoms. The Bertz CT molecular complexity index is 910. The van der Waals surface area contributed by atoms with Crippen molar-refractivity contribution in [3.05, 3.63) is 59.7 Å². The number of carboxylic acids is 1. The molecule has 0 heterocycles. The largest absolute Gasteiger partial charge is 0.480 e. The summed E-state index contributed by atoms with van der Waals surface area (Å²) in [5, 5.41) is 14.3. The Balaban J connectivity index is 0.000000362. The van der Waals surface area contributed by atoms with Gasteiger partial charge in [-0.15, -0.1) is 0 Å². The van der Waals surface area contributed by atoms with Crippen molar-refractivity contribution in [2.75, 3.05) is 0 Å². The summed E-state index contributed by atoms with van der Waals surface area (Å²) in [5.41, 5.74) is 1.14. The van der Waals surface area contributed by atoms with Gasteiger partial charge in [-0.2, -0.15) is 0 Å². The second-order valence-electron chi connectivity index (χ2n) is 10.8. The summed E-state index contributed by atoms with van der Waals surface area (Å²) in [6.45, 7) is 12.8. The van der Waals surface area contributed by atoms with Gasteiger partial charge in [0.25, 0.3) is 0 Å². The molecule has 0 aromatic heterocycles. The minimum atomic E-state index is -1.09. The number of carboxylic acid groups (broad SMARTS) is 1. The van der Waals surface area contributed by atoms with E-state index in [-0.39, 0.29) is 18.6 Å². The highest BCUT2D eigenvalue weighted by atomic mass is 16.6. The lowest BCUT2D eigenvalue weighted by molar-refractivity contribution is -0.139. The van der Waals surface area contributed by atoms with E-state index in [0.717, 1.165) is 24.8 Å². The number of alkyl carbamates (subject to hydrolysis) is 2. The third-order valence-electron chi connectivity index (χ3n) is 4.69. The number of nitrogens with one attached hydrogen (secondary N) is 2. The van der Waals surface area contributed by atoms with Crippen LogP contribution in [-0.4, -0.2) is 46.5 Å². The van der Waals surface area contributed by atoms with Crippen molar-refractivity contribution >= 4 is 18.2 Å². The molecule has 0 radical (unpaired) electrons. The Labute approximate surface area is 215 Å². The summed E-state index contributed by atoms with van der Waals surface area (Å²) in [6.07, 6.45) is 8.62. The molecule has 0 saturated carbocycles. The predicted octanol–water partition coefficient (Wildman–Crippen LogP) is 5.77. The summed E-state index contributed by atoms with van der Waals surface area (Å²) in [7, 11) is 0. The SMILES string of the molecule is CC(C)(C)OC(=O)N[C@@H](Cc1ccccc1)C(=O)O.C[C@H](CC1=CCC=CC1)NC(=O)OC(C)(C)C. The van der Waals surface area contributed by atoms with Crippen molar-refractivity contribution in [2.45, 2.75) is 97.4 Å². The Morgan fingerprint density at radius 1 is 0.889 bits per heavy atom. The second kappa shape index (κ2) is 14.3. The van der Waals surface area contributed by atoms with E-state index in [1.165, 1.54) is 5.57 Å². The van der Waals surface area contributed by atoms with Crippen LogP contribution in [0.2, 0.25) is 0 Å². The van der Waals surface area contributed by atoms with Crippen LogP contribution in [0.1, 0.15) is 73.3 Å². The van der Waals surface area contributed by atoms with Crippen LogP contribution in [-0.2, 0) is 20.7 Å². The molecule has 0 unspecified atom stereocenters. The summed E-state index contributed by atoms with van der Waals surface area (Å²) >= 11 is 0. The van der Waals surface area contributed by atoms with Gasteiger partial charge in [-0.05, 0) is 73.3 Å². The number of ether oxygens (including phenoxy) is 2. The maximum atomic E-state index is 11.6. The van der Waals surface area contributed by atoms with Crippen LogP contribution in [0.25, 0.3) is 0 Å². The van der Waals surface area contributed by atoms with Crippen LogP contribution in [0.3, 0.4) is 0 Å². The normalized spacial score (nSPS) is 14.8. The lowest BCUT2D eigenvalue weighted by atomic mass is 9.99. The first kappa shape index (κ1) is 30.7. The van der Waals surface area contributed by atoms with Gasteiger partial charge in [0.1, 0.15) is 17.2 Å². The quantitative estimate of drug-likeness (QED) is 0.408. The minimum Gasteiger partial charge on any atom is -0.480 e. The number of aliphatic carboxylic acids is 1. The fourth-order valence-corrected chi connectivity index (χ4v) is 3.27. The number of carbonyl (C=O) groups is 3. The first-order valence-electron chi connectivity index (χ1n) is 12.2. The van der Waals surface area contributed by atoms with Gasteiger partial charge in [-0.3, -0.25) is 0 Å². The van der Waals surface area contributed by atoms with Crippen molar-refractivity contribution in [3.8, 4) is 0 Å². The Hall–Kier alpha value is -3.29. The first-order valence-corrected chi connectivity index (χ1v) is 12.2. The van der Waals surface area contributed by atoms with Crippen LogP contribution in [0, 0.1) is 0 Å². The van der Waals surface area contributed by atoms with E-state index in [4.69, 9.17) is 14.6 Å². The molecule has 1 aliphatic rings. The van der Waals surface area contributed by atoms with E-state index in [1.54, 1.807) is 20.8 Å². The smallest absolute Gasteiger partial charge is 0.408 e. The molecule has 2 rings (SSSR count). The van der Waals surface area contributed by atoms with Crippen molar-refractivity contribution in [2.24, 2.45) is 0 Å². The molecule has 0 fully saturated rings. The van der Waals surface area contributed by atoms with Gasteiger partial charge in [0.2, 0.25) is 0 Å². The molecular weight excluding hydrogens is 460 g/mol. The van der Waals surface area contributed by atoms with E-state index < -0.39 is 29.3 Å². The molecule has 2 amide bonds. The van der Waals surface area contributed by atoms with Crippen molar-refractivity contribution < 1.29 is 29.0 Å². The van der Waals surface area contributed by atoms with Gasteiger partial charge in [0.15, 0.2) is 0 Å². The molecule has 0 bridgehead atoms. The molecule has 0 aliphatic heterocycles. The maximum absolute atomic E-state index is 11.6. The van der Waals surface area contributed by atoms with Crippen LogP contribution in [0.5, 0.6) is 0 Å². The summed E-state index contributed by atoms with van der Waals surface area (Å²) in [4.78, 5) is 34.2. The van der Waals surface area contributed by atoms with Crippen molar-refractivity contribution in [1.82, 2.24) is 10.6 Å². The third-order valence-corrected chi connectivity index (χ3v) is 4.69. The van der Waals surface area contributed by atoms with E-state index in [9.17, 15) is 14.4 Å². The first-order chi connectivity index (χ1) is 16.6. The van der Waals surface area contributed by atoms with Crippen molar-refractivity contribution in [3.63, 3.8) is 0 Å². The summed E-state index contributed by atoms with van der Waals surface area (Å²) < 4.78 is 10.3. The molecule has 1 aromatic rings. The topological polar surface area (TPSA) is 114 Å². The number of amides is 2. The van der Waals surface area contributed by atoms with Crippen LogP contribution < -0.4 is 10.6 Å². The van der Waals surface area contributed by atoms with Gasteiger partial charge >= 0.3 is 18.2 Å². The molecule has 0 spiro atoms. The number of benzene rings is 1. The molecule has 8 nitrogen and oxygen atoms in total. The zero-order valence-corrected chi connectivity index (χ0v) is 22.6. The number of allylic oxidation sites excluding steroid dienone is 3. The zero-order chi connectivity index (χ0) is 27.4. The Kier molecular flexibility index (Phi) is 12.2. The van der Waals surface area contributed by atoms with Gasteiger partial charge < -0.3 is 25.2 Å². The molecule has 1 aromatic carbocycles. The van der Waals surface area contributed by atoms with Crippen LogP contribution >= 0.6 is 0 Å². The average molecular weight is 503 g/mol. The number of hydrogen-bond donors (Lipinski definition) is 3. The number of rotatable bonds is 7. The lowest BCUT2D eigenvalue weighted by Gasteiger charge is -2.22. The Morgan fingerprint density at radius 3 is 1.92 bits per heavy atom. The van der Waals surface area contributed by atoms with E-state index >= 15 is 0 Å². The summed E-state index contributed by atoms with van der Waals surface area (Å²) in [6, 6.07) is 8.23. The molecule has 2 atom stereocenters. The van der Waals surface area contributed by atoms with Gasteiger partial charge in [-0.1, -0.05) is 54.1 Å². The molecule has 3 N–H and O–H groups in total. The van der Waals surface area contributed by atoms with E-state index in [2.05, 4.69) is 28.9 Å². The highest BCUT2D eigenvalue weighted by Crippen LogP contribution is 2.17. The standard InChI is InChI=1S/C14H19NO4.C14H23NO2/c1-14(2,3)19-13(18)15-11(12(16)17)9-10-7-5-4-6-8-10;1-11(10-12-8-6-5-7-9-12)15-13(16)17-14(2,3)4/h4-8,11H,9H2,1-3H3,(H,15,18)(H,16,17);5-6,9,11H,7-8,10H2,1-4H3,(H,15,16)/t2*11-/m01/s1. The fraction of sp³-hybridized carbons (Fsp3) is 0.536. The average Bonchev–Trinajstić information content (AvgIpc) is 2.72. The fourth-order valence-electron chi connectivity index (χ4n) is 3.27. The zero-order valence-electron chi connectivity index (χ0n) is 22.6. The second-order valence-corrected chi connectivity index (χ2v) is 10.8. The van der Waals surface area contributed by atoms with Crippen LogP contribution in [0.15, 0.2) is 54.1 Å². The number of carbonyl (C=O) groups excluding carboxylic acids is 2. The molecule has 1 aliphatic carbocycles. The van der Waals surface area contributed by atoms with Gasteiger partial charge in [0, 0.05) is 12.5 Å². The highest BCUT2D eigenvalue weighted by Gasteiger charge is 2.24. The monoisotopic (exact) mass is 502 g/mol. The van der Waals surface area contributed by atoms with Gasteiger partial charge in [-0.25, -0.2) is 14.4 Å². The Morgan fingerprint density at radius 2 is 1.44 bits per heavy atom. The van der Waals surface area contributed by atoms with E-state index in [0.29, 0.717) is 0 Å². The highest BCUT2D eigenvalue weighted by molar-refractivity contribution is 5.80. The maximum Gasteiger partial charge on any atom is 0.408 e. The number of hydrogen-bond acceptors (Lipinski definition) is 5. The lowest BCUT2D eigenvalue weighted by Crippen LogP contribution is -2.44. The molecule has 200 valence electrons. The van der Waals surface area contributed by atoms with E-state index in [1.807, 2.05) is 58.0 Å². The summed E-state index contributed by atoms with van der Waals surface area (Å²) in [5.74, 6) is -1.09. The third kappa shape index (κ3) is 14.9. The molecular formula is C28H42N2O6. The van der Waals surface area contributed by atoms with Gasteiger partial charge in [0.05, 0.1) is 0 Å². The predicted molar refractivity (Wildman–Crippen MR) is 141 cm³/mol. The molecule has 36 heavy (non-hydrogen) atoms.